The molecule has 0 aliphatic rings. The summed E-state index contributed by atoms with van der Waals surface area (Å²) in [5, 5.41) is 10.3. The molecule has 0 spiro atoms. The van der Waals surface area contributed by atoms with Gasteiger partial charge in [0.05, 0.1) is 17.1 Å². The van der Waals surface area contributed by atoms with E-state index in [4.69, 9.17) is 0 Å². The Morgan fingerprint density at radius 3 is 2.38 bits per heavy atom. The zero-order valence-electron chi connectivity index (χ0n) is 12.0. The number of aromatic nitrogens is 2. The van der Waals surface area contributed by atoms with Crippen LogP contribution in [0, 0.1) is 13.8 Å². The summed E-state index contributed by atoms with van der Waals surface area (Å²) >= 11 is 0. The van der Waals surface area contributed by atoms with Gasteiger partial charge in [0.1, 0.15) is 5.75 Å². The minimum Gasteiger partial charge on any atom is -0.507 e. The molecule has 3 aromatic rings. The van der Waals surface area contributed by atoms with Crippen molar-refractivity contribution in [3.8, 4) is 28.4 Å². The number of aromatic hydroxyl groups is 1. The molecule has 3 rings (SSSR count). The molecular weight excluding hydrogens is 260 g/mol. The van der Waals surface area contributed by atoms with Crippen molar-refractivity contribution < 1.29 is 5.11 Å². The quantitative estimate of drug-likeness (QED) is 0.765. The molecule has 1 N–H and O–H groups in total. The van der Waals surface area contributed by atoms with Crippen molar-refractivity contribution in [1.29, 1.82) is 0 Å². The Bertz CT molecular complexity index is 782. The van der Waals surface area contributed by atoms with Crippen LogP contribution in [0.4, 0.5) is 0 Å². The van der Waals surface area contributed by atoms with E-state index in [-0.39, 0.29) is 5.75 Å². The van der Waals surface area contributed by atoms with Gasteiger partial charge >= 0.3 is 0 Å². The van der Waals surface area contributed by atoms with Gasteiger partial charge in [-0.3, -0.25) is 4.98 Å². The minimum atomic E-state index is 0.284. The SMILES string of the molecule is Cc1cc(C)c(O)c(-c2cccc(-c3ccccn3)n2)c1. The summed E-state index contributed by atoms with van der Waals surface area (Å²) in [6.45, 7) is 3.91. The van der Waals surface area contributed by atoms with Crippen molar-refractivity contribution in [2.24, 2.45) is 0 Å². The average molecular weight is 276 g/mol. The number of hydrogen-bond donors (Lipinski definition) is 1. The van der Waals surface area contributed by atoms with Crippen molar-refractivity contribution in [2.45, 2.75) is 13.8 Å². The number of phenolic OH excluding ortho intramolecular Hbond substituents is 1. The van der Waals surface area contributed by atoms with Crippen LogP contribution in [0.5, 0.6) is 5.75 Å². The maximum atomic E-state index is 10.3. The Morgan fingerprint density at radius 1 is 0.857 bits per heavy atom. The summed E-state index contributed by atoms with van der Waals surface area (Å²) in [5.74, 6) is 0.284. The van der Waals surface area contributed by atoms with Gasteiger partial charge in [0.15, 0.2) is 0 Å². The van der Waals surface area contributed by atoms with Gasteiger partial charge in [-0.25, -0.2) is 4.98 Å². The highest BCUT2D eigenvalue weighted by molar-refractivity contribution is 5.71. The second kappa shape index (κ2) is 5.37. The van der Waals surface area contributed by atoms with E-state index in [1.54, 1.807) is 6.20 Å². The lowest BCUT2D eigenvalue weighted by atomic mass is 10.0. The van der Waals surface area contributed by atoms with Crippen LogP contribution in [-0.4, -0.2) is 15.1 Å². The second-order valence-electron chi connectivity index (χ2n) is 5.10. The molecule has 21 heavy (non-hydrogen) atoms. The molecule has 0 fully saturated rings. The van der Waals surface area contributed by atoms with Gasteiger partial charge in [0.2, 0.25) is 0 Å². The molecule has 0 saturated heterocycles. The molecule has 0 amide bonds. The van der Waals surface area contributed by atoms with Gasteiger partial charge in [-0.1, -0.05) is 18.2 Å². The number of pyridine rings is 2. The van der Waals surface area contributed by atoms with E-state index in [0.717, 1.165) is 33.8 Å². The summed E-state index contributed by atoms with van der Waals surface area (Å²) in [7, 11) is 0. The standard InChI is InChI=1S/C18H16N2O/c1-12-10-13(2)18(21)14(11-12)15-7-5-8-17(20-15)16-6-3-4-9-19-16/h3-11,21H,1-2H3. The van der Waals surface area contributed by atoms with Crippen LogP contribution in [0.1, 0.15) is 11.1 Å². The van der Waals surface area contributed by atoms with Crippen LogP contribution in [-0.2, 0) is 0 Å². The van der Waals surface area contributed by atoms with E-state index >= 15 is 0 Å². The maximum Gasteiger partial charge on any atom is 0.127 e. The summed E-state index contributed by atoms with van der Waals surface area (Å²) < 4.78 is 0. The molecule has 3 nitrogen and oxygen atoms in total. The van der Waals surface area contributed by atoms with Gasteiger partial charge in [0, 0.05) is 11.8 Å². The smallest absolute Gasteiger partial charge is 0.127 e. The largest absolute Gasteiger partial charge is 0.507 e. The number of benzene rings is 1. The molecule has 0 unspecified atom stereocenters. The lowest BCUT2D eigenvalue weighted by Crippen LogP contribution is -1.91. The predicted octanol–water partition coefficient (Wildman–Crippen LogP) is 4.13. The summed E-state index contributed by atoms with van der Waals surface area (Å²) in [4.78, 5) is 8.95. The van der Waals surface area contributed by atoms with Crippen LogP contribution < -0.4 is 0 Å². The fourth-order valence-corrected chi connectivity index (χ4v) is 2.40. The number of hydrogen-bond acceptors (Lipinski definition) is 3. The van der Waals surface area contributed by atoms with E-state index in [1.165, 1.54) is 0 Å². The molecule has 1 aromatic carbocycles. The van der Waals surface area contributed by atoms with Crippen molar-refractivity contribution in [2.75, 3.05) is 0 Å². The molecule has 104 valence electrons. The molecule has 0 aliphatic carbocycles. The number of phenols is 1. The monoisotopic (exact) mass is 276 g/mol. The molecule has 0 atom stereocenters. The molecule has 0 radical (unpaired) electrons. The second-order valence-corrected chi connectivity index (χ2v) is 5.10. The van der Waals surface area contributed by atoms with Gasteiger partial charge in [-0.15, -0.1) is 0 Å². The molecule has 2 heterocycles. The van der Waals surface area contributed by atoms with Crippen LogP contribution in [0.15, 0.2) is 54.7 Å². The zero-order chi connectivity index (χ0) is 14.8. The minimum absolute atomic E-state index is 0.284. The highest BCUT2D eigenvalue weighted by Crippen LogP contribution is 2.32. The van der Waals surface area contributed by atoms with Crippen LogP contribution in [0.2, 0.25) is 0 Å². The summed E-state index contributed by atoms with van der Waals surface area (Å²) in [5.41, 5.74) is 5.09. The van der Waals surface area contributed by atoms with Crippen molar-refractivity contribution in [1.82, 2.24) is 9.97 Å². The summed E-state index contributed by atoms with van der Waals surface area (Å²) in [6.07, 6.45) is 1.75. The first-order valence-electron chi connectivity index (χ1n) is 6.84. The molecule has 2 aromatic heterocycles. The maximum absolute atomic E-state index is 10.3. The number of nitrogens with zero attached hydrogens (tertiary/aromatic N) is 2. The van der Waals surface area contributed by atoms with E-state index < -0.39 is 0 Å². The normalized spacial score (nSPS) is 10.6. The van der Waals surface area contributed by atoms with Crippen LogP contribution >= 0.6 is 0 Å². The topological polar surface area (TPSA) is 46.0 Å². The molecule has 0 bridgehead atoms. The first-order valence-corrected chi connectivity index (χ1v) is 6.84. The third-order valence-corrected chi connectivity index (χ3v) is 3.40. The number of aryl methyl sites for hydroxylation is 2. The Kier molecular flexibility index (Phi) is 3.40. The lowest BCUT2D eigenvalue weighted by molar-refractivity contribution is 0.473. The Labute approximate surface area is 124 Å². The Balaban J connectivity index is 2.13. The Hall–Kier alpha value is -2.68. The molecule has 3 heteroatoms. The fourth-order valence-electron chi connectivity index (χ4n) is 2.40. The van der Waals surface area contributed by atoms with E-state index in [1.807, 2.05) is 62.4 Å². The van der Waals surface area contributed by atoms with Crippen LogP contribution in [0.25, 0.3) is 22.6 Å². The van der Waals surface area contributed by atoms with Gasteiger partial charge < -0.3 is 5.11 Å². The van der Waals surface area contributed by atoms with Gasteiger partial charge in [-0.05, 0) is 55.3 Å². The lowest BCUT2D eigenvalue weighted by Gasteiger charge is -2.09. The zero-order valence-corrected chi connectivity index (χ0v) is 12.0. The van der Waals surface area contributed by atoms with Crippen LogP contribution in [0.3, 0.4) is 0 Å². The number of rotatable bonds is 2. The molecule has 0 saturated carbocycles. The van der Waals surface area contributed by atoms with E-state index in [2.05, 4.69) is 9.97 Å². The third-order valence-electron chi connectivity index (χ3n) is 3.40. The van der Waals surface area contributed by atoms with E-state index in [0.29, 0.717) is 0 Å². The van der Waals surface area contributed by atoms with E-state index in [9.17, 15) is 5.11 Å². The highest BCUT2D eigenvalue weighted by atomic mass is 16.3. The summed E-state index contributed by atoms with van der Waals surface area (Å²) in [6, 6.07) is 15.4. The first kappa shape index (κ1) is 13.3. The molecule has 0 aliphatic heterocycles. The van der Waals surface area contributed by atoms with Crippen molar-refractivity contribution in [3.63, 3.8) is 0 Å². The van der Waals surface area contributed by atoms with Crippen molar-refractivity contribution in [3.05, 3.63) is 65.9 Å². The predicted molar refractivity (Wildman–Crippen MR) is 84.0 cm³/mol. The first-order chi connectivity index (χ1) is 10.1. The molecular formula is C18H16N2O. The van der Waals surface area contributed by atoms with Crippen molar-refractivity contribution >= 4 is 0 Å². The average Bonchev–Trinajstić information content (AvgIpc) is 2.52. The highest BCUT2D eigenvalue weighted by Gasteiger charge is 2.10. The Morgan fingerprint density at radius 2 is 1.62 bits per heavy atom. The fraction of sp³-hybridized carbons (Fsp3) is 0.111. The van der Waals surface area contributed by atoms with Gasteiger partial charge in [-0.2, -0.15) is 0 Å². The third kappa shape index (κ3) is 2.63. The van der Waals surface area contributed by atoms with Gasteiger partial charge in [0.25, 0.3) is 0 Å².